The number of hydrogen-bond donors (Lipinski definition) is 1. The number of rotatable bonds is 6. The molecule has 2 aromatic rings. The molecule has 0 fully saturated rings. The van der Waals surface area contributed by atoms with E-state index >= 15 is 0 Å². The maximum Gasteiger partial charge on any atom is 0.307 e. The van der Waals surface area contributed by atoms with E-state index in [2.05, 4.69) is 10.4 Å². The van der Waals surface area contributed by atoms with E-state index in [1.165, 1.54) is 18.4 Å². The van der Waals surface area contributed by atoms with E-state index < -0.39 is 0 Å². The van der Waals surface area contributed by atoms with Crippen LogP contribution in [-0.2, 0) is 21.4 Å². The summed E-state index contributed by atoms with van der Waals surface area (Å²) in [5, 5.41) is 9.27. The van der Waals surface area contributed by atoms with Gasteiger partial charge in [-0.05, 0) is 32.2 Å². The van der Waals surface area contributed by atoms with Crippen LogP contribution in [-0.4, -0.2) is 28.8 Å². The zero-order valence-corrected chi connectivity index (χ0v) is 15.4. The first-order chi connectivity index (χ1) is 11.3. The molecule has 0 spiro atoms. The number of nitrogens with one attached hydrogen (secondary N) is 1. The van der Waals surface area contributed by atoms with Crippen LogP contribution in [0.2, 0.25) is 0 Å². The van der Waals surface area contributed by atoms with E-state index in [0.29, 0.717) is 0 Å². The van der Waals surface area contributed by atoms with Gasteiger partial charge in [0.25, 0.3) is 0 Å². The molecule has 0 aliphatic rings. The number of amides is 1. The molecule has 2 atom stereocenters. The van der Waals surface area contributed by atoms with Gasteiger partial charge in [-0.3, -0.25) is 14.3 Å². The van der Waals surface area contributed by atoms with E-state index in [9.17, 15) is 9.59 Å². The van der Waals surface area contributed by atoms with E-state index in [-0.39, 0.29) is 30.3 Å². The molecular weight excluding hydrogens is 326 g/mol. The molecule has 0 saturated carbocycles. The predicted molar refractivity (Wildman–Crippen MR) is 92.9 cm³/mol. The summed E-state index contributed by atoms with van der Waals surface area (Å²) in [6.07, 6.45) is 0.112. The van der Waals surface area contributed by atoms with Crippen LogP contribution in [0.1, 0.15) is 47.1 Å². The van der Waals surface area contributed by atoms with Crippen LogP contribution in [0.25, 0.3) is 0 Å². The third-order valence-corrected chi connectivity index (χ3v) is 5.18. The van der Waals surface area contributed by atoms with Gasteiger partial charge in [-0.1, -0.05) is 6.07 Å². The highest BCUT2D eigenvalue weighted by molar-refractivity contribution is 7.10. The van der Waals surface area contributed by atoms with Gasteiger partial charge in [-0.15, -0.1) is 11.3 Å². The van der Waals surface area contributed by atoms with Gasteiger partial charge in [0.1, 0.15) is 0 Å². The van der Waals surface area contributed by atoms with Crippen molar-refractivity contribution < 1.29 is 14.3 Å². The third kappa shape index (κ3) is 3.84. The molecule has 1 N–H and O–H groups in total. The van der Waals surface area contributed by atoms with Crippen molar-refractivity contribution in [1.29, 1.82) is 0 Å². The Bertz CT molecular complexity index is 722. The van der Waals surface area contributed by atoms with Crippen LogP contribution in [0.5, 0.6) is 0 Å². The minimum Gasteiger partial charge on any atom is -0.469 e. The summed E-state index contributed by atoms with van der Waals surface area (Å²) in [6, 6.07) is 3.42. The summed E-state index contributed by atoms with van der Waals surface area (Å²) in [5.74, 6) is -0.828. The lowest BCUT2D eigenvalue weighted by atomic mass is 9.97. The fourth-order valence-corrected chi connectivity index (χ4v) is 3.58. The van der Waals surface area contributed by atoms with Crippen molar-refractivity contribution in [2.24, 2.45) is 7.05 Å². The van der Waals surface area contributed by atoms with Crippen LogP contribution < -0.4 is 5.32 Å². The molecule has 0 saturated heterocycles. The Morgan fingerprint density at radius 3 is 2.62 bits per heavy atom. The predicted octanol–water partition coefficient (Wildman–Crippen LogP) is 2.62. The number of aryl methyl sites for hydroxylation is 2. The zero-order chi connectivity index (χ0) is 17.9. The molecule has 2 heterocycles. The molecule has 0 unspecified atom stereocenters. The van der Waals surface area contributed by atoms with Gasteiger partial charge in [0.2, 0.25) is 5.91 Å². The lowest BCUT2D eigenvalue weighted by Crippen LogP contribution is -2.33. The fraction of sp³-hybridized carbons (Fsp3) is 0.471. The molecule has 0 bridgehead atoms. The molecule has 0 aliphatic heterocycles. The Morgan fingerprint density at radius 1 is 1.42 bits per heavy atom. The second-order valence-corrected chi connectivity index (χ2v) is 6.77. The van der Waals surface area contributed by atoms with Gasteiger partial charge in [0, 0.05) is 23.2 Å². The first-order valence-electron chi connectivity index (χ1n) is 7.75. The summed E-state index contributed by atoms with van der Waals surface area (Å²) in [6.45, 7) is 5.71. The van der Waals surface area contributed by atoms with Crippen LogP contribution in [0, 0.1) is 13.8 Å². The summed E-state index contributed by atoms with van der Waals surface area (Å²) >= 11 is 1.50. The average molecular weight is 349 g/mol. The maximum atomic E-state index is 12.7. The lowest BCUT2D eigenvalue weighted by molar-refractivity contribution is -0.141. The Labute approximate surface area is 145 Å². The van der Waals surface area contributed by atoms with E-state index in [0.717, 1.165) is 21.8 Å². The number of thiophene rings is 1. The summed E-state index contributed by atoms with van der Waals surface area (Å²) in [7, 11) is 3.21. The minimum absolute atomic E-state index is 0.112. The van der Waals surface area contributed by atoms with Crippen molar-refractivity contribution in [2.75, 3.05) is 7.11 Å². The standard InChI is InChI=1S/C17H23N3O3S/c1-10(16-11(2)19-20(4)12(16)3)17(22)18-13(9-15(21)23-5)14-7-6-8-24-14/h6-8,10,13H,9H2,1-5H3,(H,18,22)/t10-,13+/m1/s1. The molecule has 0 aliphatic carbocycles. The van der Waals surface area contributed by atoms with Crippen molar-refractivity contribution in [2.45, 2.75) is 39.2 Å². The molecule has 0 aromatic carbocycles. The normalized spacial score (nSPS) is 13.4. The highest BCUT2D eigenvalue weighted by Gasteiger charge is 2.26. The smallest absolute Gasteiger partial charge is 0.307 e. The van der Waals surface area contributed by atoms with Crippen molar-refractivity contribution in [3.63, 3.8) is 0 Å². The molecule has 2 aromatic heterocycles. The van der Waals surface area contributed by atoms with Crippen LogP contribution >= 0.6 is 11.3 Å². The lowest BCUT2D eigenvalue weighted by Gasteiger charge is -2.20. The number of methoxy groups -OCH3 is 1. The summed E-state index contributed by atoms with van der Waals surface area (Å²) in [5.41, 5.74) is 2.74. The topological polar surface area (TPSA) is 73.2 Å². The molecular formula is C17H23N3O3S. The van der Waals surface area contributed by atoms with Gasteiger partial charge >= 0.3 is 5.97 Å². The van der Waals surface area contributed by atoms with E-state index in [4.69, 9.17) is 4.74 Å². The molecule has 7 heteroatoms. The van der Waals surface area contributed by atoms with Crippen LogP contribution in [0.15, 0.2) is 17.5 Å². The maximum absolute atomic E-state index is 12.7. The fourth-order valence-electron chi connectivity index (χ4n) is 2.81. The molecule has 24 heavy (non-hydrogen) atoms. The molecule has 2 rings (SSSR count). The molecule has 6 nitrogen and oxygen atoms in total. The van der Waals surface area contributed by atoms with E-state index in [1.807, 2.05) is 45.3 Å². The molecule has 1 amide bonds. The number of aromatic nitrogens is 2. The zero-order valence-electron chi connectivity index (χ0n) is 14.6. The highest BCUT2D eigenvalue weighted by Crippen LogP contribution is 2.26. The minimum atomic E-state index is -0.385. The van der Waals surface area contributed by atoms with Gasteiger partial charge in [0.15, 0.2) is 0 Å². The Kier molecular flexibility index (Phi) is 5.77. The van der Waals surface area contributed by atoms with Crippen LogP contribution in [0.3, 0.4) is 0 Å². The van der Waals surface area contributed by atoms with Crippen molar-refractivity contribution in [3.05, 3.63) is 39.3 Å². The number of nitrogens with zero attached hydrogens (tertiary/aromatic N) is 2. The average Bonchev–Trinajstić information content (AvgIpc) is 3.15. The Balaban J connectivity index is 2.19. The van der Waals surface area contributed by atoms with E-state index in [1.54, 1.807) is 4.68 Å². The Hall–Kier alpha value is -2.15. The first kappa shape index (κ1) is 18.2. The quantitative estimate of drug-likeness (QED) is 0.814. The third-order valence-electron chi connectivity index (χ3n) is 4.19. The second kappa shape index (κ2) is 7.61. The van der Waals surface area contributed by atoms with Gasteiger partial charge in [-0.2, -0.15) is 5.10 Å². The van der Waals surface area contributed by atoms with Gasteiger partial charge in [0.05, 0.1) is 31.2 Å². The molecule has 0 radical (unpaired) electrons. The first-order valence-corrected chi connectivity index (χ1v) is 8.63. The van der Waals surface area contributed by atoms with Crippen molar-refractivity contribution in [1.82, 2.24) is 15.1 Å². The number of carbonyl (C=O) groups is 2. The summed E-state index contributed by atoms with van der Waals surface area (Å²) < 4.78 is 6.53. The highest BCUT2D eigenvalue weighted by atomic mass is 32.1. The van der Waals surface area contributed by atoms with Gasteiger partial charge < -0.3 is 10.1 Å². The molecule has 130 valence electrons. The van der Waals surface area contributed by atoms with Crippen LogP contribution in [0.4, 0.5) is 0 Å². The SMILES string of the molecule is COC(=O)C[C@H](NC(=O)[C@H](C)c1c(C)nn(C)c1C)c1cccs1. The Morgan fingerprint density at radius 2 is 2.12 bits per heavy atom. The number of carbonyl (C=O) groups excluding carboxylic acids is 2. The second-order valence-electron chi connectivity index (χ2n) is 5.79. The summed E-state index contributed by atoms with van der Waals surface area (Å²) in [4.78, 5) is 25.3. The van der Waals surface area contributed by atoms with Crippen molar-refractivity contribution >= 4 is 23.2 Å². The number of hydrogen-bond acceptors (Lipinski definition) is 5. The monoisotopic (exact) mass is 349 g/mol. The number of esters is 1. The number of ether oxygens (including phenoxy) is 1. The largest absolute Gasteiger partial charge is 0.469 e. The van der Waals surface area contributed by atoms with Crippen molar-refractivity contribution in [3.8, 4) is 0 Å². The van der Waals surface area contributed by atoms with Gasteiger partial charge in [-0.25, -0.2) is 0 Å².